The highest BCUT2D eigenvalue weighted by Crippen LogP contribution is 2.64. The van der Waals surface area contributed by atoms with E-state index in [2.05, 4.69) is 20.8 Å². The molecular weight excluding hydrogens is 120 g/mol. The summed E-state index contributed by atoms with van der Waals surface area (Å²) in [6, 6.07) is 0. The van der Waals surface area contributed by atoms with Gasteiger partial charge in [0.15, 0.2) is 0 Å². The van der Waals surface area contributed by atoms with Gasteiger partial charge in [-0.2, -0.15) is 0 Å². The Kier molecular flexibility index (Phi) is 1.19. The highest BCUT2D eigenvalue weighted by atomic mass is 14.6. The Morgan fingerprint density at radius 1 is 1.10 bits per heavy atom. The summed E-state index contributed by atoms with van der Waals surface area (Å²) in [6.07, 6.45) is 4.57. The van der Waals surface area contributed by atoms with Crippen LogP contribution in [0.25, 0.3) is 0 Å². The van der Waals surface area contributed by atoms with Crippen LogP contribution in [0.3, 0.4) is 0 Å². The average Bonchev–Trinajstić information content (AvgIpc) is 1.96. The first-order valence-corrected chi connectivity index (χ1v) is 4.58. The molecule has 2 aliphatic rings. The van der Waals surface area contributed by atoms with Crippen molar-refractivity contribution in [2.75, 3.05) is 0 Å². The Balaban J connectivity index is 1.82. The Hall–Kier alpha value is 0. The fourth-order valence-electron chi connectivity index (χ4n) is 2.51. The Bertz CT molecular complexity index is 131. The summed E-state index contributed by atoms with van der Waals surface area (Å²) >= 11 is 0. The third-order valence-corrected chi connectivity index (χ3v) is 3.19. The lowest BCUT2D eigenvalue weighted by atomic mass is 9.89. The lowest BCUT2D eigenvalue weighted by Crippen LogP contribution is -2.05. The van der Waals surface area contributed by atoms with Crippen LogP contribution in [0.4, 0.5) is 0 Å². The summed E-state index contributed by atoms with van der Waals surface area (Å²) in [5.41, 5.74) is 0.585. The molecule has 58 valence electrons. The predicted octanol–water partition coefficient (Wildman–Crippen LogP) is 3.08. The van der Waals surface area contributed by atoms with E-state index in [1.165, 1.54) is 18.3 Å². The zero-order valence-corrected chi connectivity index (χ0v) is 7.35. The largest absolute Gasteiger partial charge is 0.0602 e. The Morgan fingerprint density at radius 2 is 1.60 bits per heavy atom. The van der Waals surface area contributed by atoms with Gasteiger partial charge in [0.2, 0.25) is 0 Å². The van der Waals surface area contributed by atoms with Crippen LogP contribution >= 0.6 is 0 Å². The van der Waals surface area contributed by atoms with Crippen molar-refractivity contribution >= 4 is 0 Å². The summed E-state index contributed by atoms with van der Waals surface area (Å²) < 4.78 is 0. The van der Waals surface area contributed by atoms with Crippen LogP contribution in [-0.2, 0) is 0 Å². The quantitative estimate of drug-likeness (QED) is 0.522. The highest BCUT2D eigenvalue weighted by Gasteiger charge is 2.56. The van der Waals surface area contributed by atoms with Gasteiger partial charge in [0.25, 0.3) is 0 Å². The maximum absolute atomic E-state index is 2.37. The molecule has 0 amide bonds. The van der Waals surface area contributed by atoms with Crippen molar-refractivity contribution in [1.29, 1.82) is 0 Å². The first-order valence-electron chi connectivity index (χ1n) is 4.58. The van der Waals surface area contributed by atoms with E-state index < -0.39 is 0 Å². The molecule has 0 saturated heterocycles. The maximum Gasteiger partial charge on any atom is -0.0347 e. The molecule has 2 saturated carbocycles. The topological polar surface area (TPSA) is 0 Å². The minimum absolute atomic E-state index is 0.585. The maximum atomic E-state index is 2.37. The van der Waals surface area contributed by atoms with Crippen molar-refractivity contribution in [3.8, 4) is 0 Å². The molecule has 0 heterocycles. The smallest absolute Gasteiger partial charge is 0.0347 e. The van der Waals surface area contributed by atoms with Gasteiger partial charge in [-0.25, -0.2) is 0 Å². The predicted molar refractivity (Wildman–Crippen MR) is 43.8 cm³/mol. The summed E-state index contributed by atoms with van der Waals surface area (Å²) in [5, 5.41) is 0. The van der Waals surface area contributed by atoms with Gasteiger partial charge in [0, 0.05) is 0 Å². The molecule has 0 bridgehead atoms. The van der Waals surface area contributed by atoms with Crippen molar-refractivity contribution in [3.63, 3.8) is 0 Å². The third kappa shape index (κ3) is 0.980. The molecule has 0 N–H and O–H groups in total. The Labute approximate surface area is 64.0 Å². The molecule has 0 aliphatic heterocycles. The Morgan fingerprint density at radius 3 is 1.90 bits per heavy atom. The van der Waals surface area contributed by atoms with Gasteiger partial charge in [-0.1, -0.05) is 20.8 Å². The summed E-state index contributed by atoms with van der Waals surface area (Å²) in [5.74, 6) is 3.50. The van der Waals surface area contributed by atoms with Crippen molar-refractivity contribution < 1.29 is 0 Å². The van der Waals surface area contributed by atoms with Gasteiger partial charge in [-0.15, -0.1) is 0 Å². The molecule has 0 spiro atoms. The summed E-state index contributed by atoms with van der Waals surface area (Å²) in [7, 11) is 0. The molecule has 0 aromatic heterocycles. The van der Waals surface area contributed by atoms with Crippen molar-refractivity contribution in [2.24, 2.45) is 23.2 Å². The number of hydrogen-bond donors (Lipinski definition) is 0. The first kappa shape index (κ1) is 6.69. The van der Waals surface area contributed by atoms with Crippen LogP contribution < -0.4 is 0 Å². The first-order chi connectivity index (χ1) is 4.58. The monoisotopic (exact) mass is 138 g/mol. The van der Waals surface area contributed by atoms with Crippen molar-refractivity contribution in [1.82, 2.24) is 0 Å². The zero-order valence-electron chi connectivity index (χ0n) is 7.35. The molecule has 0 radical (unpaired) electrons. The van der Waals surface area contributed by atoms with Gasteiger partial charge >= 0.3 is 0 Å². The average molecular weight is 138 g/mol. The summed E-state index contributed by atoms with van der Waals surface area (Å²) in [6.45, 7) is 7.10. The molecule has 2 aliphatic carbocycles. The molecule has 10 heavy (non-hydrogen) atoms. The van der Waals surface area contributed by atoms with Crippen LogP contribution in [0.1, 0.15) is 40.0 Å². The van der Waals surface area contributed by atoms with E-state index in [1.807, 2.05) is 0 Å². The molecule has 2 atom stereocenters. The van der Waals surface area contributed by atoms with Crippen LogP contribution in [0.5, 0.6) is 0 Å². The second-order valence-electron chi connectivity index (χ2n) is 5.33. The zero-order chi connectivity index (χ0) is 7.35. The van der Waals surface area contributed by atoms with Crippen molar-refractivity contribution in [2.45, 2.75) is 40.0 Å². The van der Waals surface area contributed by atoms with E-state index in [9.17, 15) is 0 Å². The molecule has 2 rings (SSSR count). The number of fused-ring (bicyclic) bond motifs is 1. The second-order valence-corrected chi connectivity index (χ2v) is 5.33. The van der Waals surface area contributed by atoms with Gasteiger partial charge in [-0.3, -0.25) is 0 Å². The van der Waals surface area contributed by atoms with E-state index in [1.54, 1.807) is 12.8 Å². The lowest BCUT2D eigenvalue weighted by molar-refractivity contribution is 0.345. The highest BCUT2D eigenvalue weighted by molar-refractivity contribution is 5.05. The van der Waals surface area contributed by atoms with Crippen LogP contribution in [0.15, 0.2) is 0 Å². The van der Waals surface area contributed by atoms with Gasteiger partial charge in [0.05, 0.1) is 0 Å². The lowest BCUT2D eigenvalue weighted by Gasteiger charge is -2.17. The molecule has 2 unspecified atom stereocenters. The molecule has 2 fully saturated rings. The molecule has 0 aromatic rings. The second kappa shape index (κ2) is 1.78. The van der Waals surface area contributed by atoms with E-state index in [-0.39, 0.29) is 0 Å². The fraction of sp³-hybridized carbons (Fsp3) is 1.00. The van der Waals surface area contributed by atoms with Gasteiger partial charge < -0.3 is 0 Å². The SMILES string of the molecule is CC(C)(C)CC1C2CCC21. The van der Waals surface area contributed by atoms with Gasteiger partial charge in [-0.05, 0) is 42.4 Å². The van der Waals surface area contributed by atoms with Crippen molar-refractivity contribution in [3.05, 3.63) is 0 Å². The van der Waals surface area contributed by atoms with E-state index in [0.717, 1.165) is 5.92 Å². The third-order valence-electron chi connectivity index (χ3n) is 3.19. The molecule has 0 heteroatoms. The van der Waals surface area contributed by atoms with Gasteiger partial charge in [0.1, 0.15) is 0 Å². The molecular formula is C10H18. The van der Waals surface area contributed by atoms with Crippen LogP contribution in [0.2, 0.25) is 0 Å². The van der Waals surface area contributed by atoms with Crippen LogP contribution in [0, 0.1) is 23.2 Å². The standard InChI is InChI=1S/C10H18/c1-10(2,3)6-9-7-4-5-8(7)9/h7-9H,4-6H2,1-3H3. The minimum atomic E-state index is 0.585. The van der Waals surface area contributed by atoms with E-state index >= 15 is 0 Å². The number of rotatable bonds is 1. The van der Waals surface area contributed by atoms with E-state index in [0.29, 0.717) is 5.41 Å². The minimum Gasteiger partial charge on any atom is -0.0602 e. The number of hydrogen-bond acceptors (Lipinski definition) is 0. The molecule has 0 aromatic carbocycles. The normalized spacial score (nSPS) is 44.1. The summed E-state index contributed by atoms with van der Waals surface area (Å²) in [4.78, 5) is 0. The van der Waals surface area contributed by atoms with E-state index in [4.69, 9.17) is 0 Å². The fourth-order valence-corrected chi connectivity index (χ4v) is 2.51. The van der Waals surface area contributed by atoms with Crippen LogP contribution in [-0.4, -0.2) is 0 Å². The molecule has 0 nitrogen and oxygen atoms in total.